The van der Waals surface area contributed by atoms with Crippen LogP contribution in [0.5, 0.6) is 0 Å². The van der Waals surface area contributed by atoms with Crippen molar-refractivity contribution in [1.82, 2.24) is 14.8 Å². The van der Waals surface area contributed by atoms with Crippen molar-refractivity contribution in [3.05, 3.63) is 65.3 Å². The van der Waals surface area contributed by atoms with E-state index in [-0.39, 0.29) is 5.12 Å². The minimum absolute atomic E-state index is 0.142. The van der Waals surface area contributed by atoms with Crippen molar-refractivity contribution in [3.8, 4) is 0 Å². The maximum Gasteiger partial charge on any atom is 0.230 e. The van der Waals surface area contributed by atoms with Crippen LogP contribution < -0.4 is 0 Å². The second-order valence-electron chi connectivity index (χ2n) is 4.23. The normalized spacial score (nSPS) is 10.7. The van der Waals surface area contributed by atoms with E-state index in [2.05, 4.69) is 10.2 Å². The zero-order valence-electron chi connectivity index (χ0n) is 10.8. The lowest BCUT2D eigenvalue weighted by molar-refractivity contribution is 0.108. The van der Waals surface area contributed by atoms with Crippen molar-refractivity contribution in [2.45, 2.75) is 11.7 Å². The first kappa shape index (κ1) is 13.9. The molecular formula is C14H10ClN3O2S. The SMILES string of the molecule is O=C(Sc1nncn1Cc1ccccc1Cl)c1ccoc1. The molecular weight excluding hydrogens is 310 g/mol. The molecule has 0 aliphatic carbocycles. The summed E-state index contributed by atoms with van der Waals surface area (Å²) in [4.78, 5) is 12.0. The number of halogens is 1. The fraction of sp³-hybridized carbons (Fsp3) is 0.0714. The molecule has 3 rings (SSSR count). The molecule has 0 saturated carbocycles. The molecule has 0 aliphatic heterocycles. The minimum Gasteiger partial charge on any atom is -0.472 e. The van der Waals surface area contributed by atoms with E-state index in [1.54, 1.807) is 17.0 Å². The van der Waals surface area contributed by atoms with E-state index in [9.17, 15) is 4.79 Å². The molecule has 0 N–H and O–H groups in total. The van der Waals surface area contributed by atoms with Gasteiger partial charge in [0.1, 0.15) is 12.6 Å². The molecule has 2 heterocycles. The molecule has 0 fully saturated rings. The molecule has 106 valence electrons. The highest BCUT2D eigenvalue weighted by molar-refractivity contribution is 8.14. The highest BCUT2D eigenvalue weighted by atomic mass is 35.5. The monoisotopic (exact) mass is 319 g/mol. The first-order valence-electron chi connectivity index (χ1n) is 6.09. The summed E-state index contributed by atoms with van der Waals surface area (Å²) in [7, 11) is 0. The Kier molecular flexibility index (Phi) is 4.08. The van der Waals surface area contributed by atoms with E-state index in [1.807, 2.05) is 24.3 Å². The van der Waals surface area contributed by atoms with Crippen LogP contribution in [0.25, 0.3) is 0 Å². The fourth-order valence-electron chi connectivity index (χ4n) is 1.76. The fourth-order valence-corrected chi connectivity index (χ4v) is 2.68. The van der Waals surface area contributed by atoms with Crippen LogP contribution in [0.3, 0.4) is 0 Å². The first-order chi connectivity index (χ1) is 10.2. The number of carbonyl (C=O) groups is 1. The molecule has 0 atom stereocenters. The predicted octanol–water partition coefficient (Wildman–Crippen LogP) is 3.51. The minimum atomic E-state index is -0.142. The lowest BCUT2D eigenvalue weighted by Crippen LogP contribution is -2.03. The van der Waals surface area contributed by atoms with Crippen LogP contribution in [0.2, 0.25) is 5.02 Å². The van der Waals surface area contributed by atoms with Crippen molar-refractivity contribution in [2.75, 3.05) is 0 Å². The Morgan fingerprint density at radius 3 is 2.95 bits per heavy atom. The summed E-state index contributed by atoms with van der Waals surface area (Å²) in [6.07, 6.45) is 4.45. The summed E-state index contributed by atoms with van der Waals surface area (Å²) in [5.41, 5.74) is 1.43. The third-order valence-electron chi connectivity index (χ3n) is 2.82. The highest BCUT2D eigenvalue weighted by Gasteiger charge is 2.15. The number of rotatable bonds is 4. The summed E-state index contributed by atoms with van der Waals surface area (Å²) in [5, 5.41) is 8.87. The van der Waals surface area contributed by atoms with E-state index in [0.29, 0.717) is 22.3 Å². The molecule has 2 aromatic heterocycles. The van der Waals surface area contributed by atoms with Gasteiger partial charge in [0.05, 0.1) is 18.4 Å². The summed E-state index contributed by atoms with van der Waals surface area (Å²) in [6, 6.07) is 9.15. The Morgan fingerprint density at radius 1 is 1.33 bits per heavy atom. The predicted molar refractivity (Wildman–Crippen MR) is 79.5 cm³/mol. The van der Waals surface area contributed by atoms with Gasteiger partial charge < -0.3 is 8.98 Å². The number of hydrogen-bond donors (Lipinski definition) is 0. The lowest BCUT2D eigenvalue weighted by Gasteiger charge is -2.07. The smallest absolute Gasteiger partial charge is 0.230 e. The van der Waals surface area contributed by atoms with Gasteiger partial charge in [0.15, 0.2) is 5.16 Å². The van der Waals surface area contributed by atoms with Crippen LogP contribution in [0, 0.1) is 0 Å². The average molecular weight is 320 g/mol. The van der Waals surface area contributed by atoms with Gasteiger partial charge in [-0.25, -0.2) is 0 Å². The van der Waals surface area contributed by atoms with E-state index in [1.165, 1.54) is 12.5 Å². The van der Waals surface area contributed by atoms with Crippen molar-refractivity contribution < 1.29 is 9.21 Å². The van der Waals surface area contributed by atoms with Gasteiger partial charge in [-0.05, 0) is 29.5 Å². The second kappa shape index (κ2) is 6.15. The van der Waals surface area contributed by atoms with Gasteiger partial charge in [-0.15, -0.1) is 10.2 Å². The van der Waals surface area contributed by atoms with Crippen LogP contribution >= 0.6 is 23.4 Å². The van der Waals surface area contributed by atoms with Crippen molar-refractivity contribution in [3.63, 3.8) is 0 Å². The topological polar surface area (TPSA) is 60.9 Å². The van der Waals surface area contributed by atoms with Gasteiger partial charge in [-0.1, -0.05) is 29.8 Å². The van der Waals surface area contributed by atoms with Crippen molar-refractivity contribution in [2.24, 2.45) is 0 Å². The second-order valence-corrected chi connectivity index (χ2v) is 5.58. The number of carbonyl (C=O) groups excluding carboxylic acids is 1. The summed E-state index contributed by atoms with van der Waals surface area (Å²) in [5.74, 6) is 0. The molecule has 0 saturated heterocycles. The molecule has 3 aromatic rings. The van der Waals surface area contributed by atoms with Crippen LogP contribution in [0.4, 0.5) is 0 Å². The molecule has 0 amide bonds. The molecule has 0 unspecified atom stereocenters. The van der Waals surface area contributed by atoms with Gasteiger partial charge in [0.25, 0.3) is 0 Å². The number of nitrogens with zero attached hydrogens (tertiary/aromatic N) is 3. The third kappa shape index (κ3) is 3.17. The maximum absolute atomic E-state index is 12.0. The number of furan rings is 1. The van der Waals surface area contributed by atoms with Gasteiger partial charge in [0, 0.05) is 5.02 Å². The number of aromatic nitrogens is 3. The van der Waals surface area contributed by atoms with E-state index in [0.717, 1.165) is 17.3 Å². The molecule has 5 nitrogen and oxygen atoms in total. The van der Waals surface area contributed by atoms with Crippen molar-refractivity contribution >= 4 is 28.5 Å². The van der Waals surface area contributed by atoms with Gasteiger partial charge >= 0.3 is 0 Å². The standard InChI is InChI=1S/C14H10ClN3O2S/c15-12-4-2-1-3-10(12)7-18-9-16-17-14(18)21-13(19)11-5-6-20-8-11/h1-6,8-9H,7H2. The Balaban J connectivity index is 1.78. The maximum atomic E-state index is 12.0. The molecule has 1 aromatic carbocycles. The first-order valence-corrected chi connectivity index (χ1v) is 7.29. The van der Waals surface area contributed by atoms with E-state index >= 15 is 0 Å². The van der Waals surface area contributed by atoms with Gasteiger partial charge in [-0.2, -0.15) is 0 Å². The van der Waals surface area contributed by atoms with Crippen LogP contribution in [0.1, 0.15) is 15.9 Å². The Hall–Kier alpha value is -2.05. The summed E-state index contributed by atoms with van der Waals surface area (Å²) in [6.45, 7) is 0.508. The Morgan fingerprint density at radius 2 is 2.19 bits per heavy atom. The molecule has 0 bridgehead atoms. The lowest BCUT2D eigenvalue weighted by atomic mass is 10.2. The Labute approximate surface area is 129 Å². The molecule has 7 heteroatoms. The summed E-state index contributed by atoms with van der Waals surface area (Å²) < 4.78 is 6.68. The number of thioether (sulfide) groups is 1. The molecule has 0 spiro atoms. The highest BCUT2D eigenvalue weighted by Crippen LogP contribution is 2.23. The largest absolute Gasteiger partial charge is 0.472 e. The zero-order valence-corrected chi connectivity index (χ0v) is 12.3. The van der Waals surface area contributed by atoms with Crippen molar-refractivity contribution in [1.29, 1.82) is 0 Å². The van der Waals surface area contributed by atoms with Gasteiger partial charge in [-0.3, -0.25) is 4.79 Å². The van der Waals surface area contributed by atoms with Crippen LogP contribution in [-0.2, 0) is 6.54 Å². The van der Waals surface area contributed by atoms with Crippen LogP contribution in [-0.4, -0.2) is 19.9 Å². The van der Waals surface area contributed by atoms with E-state index < -0.39 is 0 Å². The van der Waals surface area contributed by atoms with Crippen LogP contribution in [0.15, 0.2) is 58.8 Å². The average Bonchev–Trinajstić information content (AvgIpc) is 3.13. The number of benzene rings is 1. The quantitative estimate of drug-likeness (QED) is 0.689. The molecule has 0 aliphatic rings. The Bertz CT molecular complexity index is 755. The number of hydrogen-bond acceptors (Lipinski definition) is 5. The van der Waals surface area contributed by atoms with Gasteiger partial charge in [0.2, 0.25) is 5.12 Å². The van der Waals surface area contributed by atoms with E-state index in [4.69, 9.17) is 16.0 Å². The molecule has 21 heavy (non-hydrogen) atoms. The zero-order chi connectivity index (χ0) is 14.7. The molecule has 0 radical (unpaired) electrons. The summed E-state index contributed by atoms with van der Waals surface area (Å²) >= 11 is 7.15. The third-order valence-corrected chi connectivity index (χ3v) is 4.11.